The standard InChI is InChI=1S/C20H28O4/c1-6-8-9-10-11-12-15(3)24-20(21)19-16(7-2)13-17(22-4)14-18(19)23-5/h6-7,13-15H,1-2,8-12H2,3-5H3. The van der Waals surface area contributed by atoms with Crippen molar-refractivity contribution in [2.45, 2.75) is 45.1 Å². The van der Waals surface area contributed by atoms with E-state index in [1.54, 1.807) is 25.3 Å². The first-order valence-corrected chi connectivity index (χ1v) is 8.27. The van der Waals surface area contributed by atoms with Gasteiger partial charge in [0.2, 0.25) is 0 Å². The summed E-state index contributed by atoms with van der Waals surface area (Å²) in [5, 5.41) is 0. The van der Waals surface area contributed by atoms with Crippen LogP contribution >= 0.6 is 0 Å². The van der Waals surface area contributed by atoms with Gasteiger partial charge in [0.25, 0.3) is 0 Å². The minimum atomic E-state index is -0.400. The second-order valence-electron chi connectivity index (χ2n) is 5.64. The molecular weight excluding hydrogens is 304 g/mol. The molecule has 1 aromatic carbocycles. The van der Waals surface area contributed by atoms with E-state index in [0.717, 1.165) is 32.1 Å². The summed E-state index contributed by atoms with van der Waals surface area (Å²) in [5.74, 6) is 0.629. The molecule has 0 amide bonds. The summed E-state index contributed by atoms with van der Waals surface area (Å²) in [4.78, 5) is 12.5. The number of unbranched alkanes of at least 4 members (excludes halogenated alkanes) is 3. The molecule has 0 N–H and O–H groups in total. The average Bonchev–Trinajstić information content (AvgIpc) is 2.59. The Morgan fingerprint density at radius 1 is 1.17 bits per heavy atom. The number of hydrogen-bond donors (Lipinski definition) is 0. The molecule has 132 valence electrons. The minimum absolute atomic E-state index is 0.147. The molecule has 4 heteroatoms. The van der Waals surface area contributed by atoms with Gasteiger partial charge in [0, 0.05) is 6.07 Å². The highest BCUT2D eigenvalue weighted by Crippen LogP contribution is 2.30. The van der Waals surface area contributed by atoms with Crippen LogP contribution < -0.4 is 9.47 Å². The molecule has 0 saturated carbocycles. The van der Waals surface area contributed by atoms with Crippen molar-refractivity contribution in [3.63, 3.8) is 0 Å². The van der Waals surface area contributed by atoms with E-state index in [1.165, 1.54) is 7.11 Å². The van der Waals surface area contributed by atoms with E-state index in [2.05, 4.69) is 13.2 Å². The highest BCUT2D eigenvalue weighted by atomic mass is 16.5. The molecule has 0 aliphatic rings. The van der Waals surface area contributed by atoms with Crippen LogP contribution in [0.4, 0.5) is 0 Å². The molecule has 0 fully saturated rings. The third-order valence-corrected chi connectivity index (χ3v) is 3.81. The lowest BCUT2D eigenvalue weighted by molar-refractivity contribution is 0.0316. The summed E-state index contributed by atoms with van der Waals surface area (Å²) in [6.45, 7) is 9.38. The van der Waals surface area contributed by atoms with Gasteiger partial charge in [-0.1, -0.05) is 25.2 Å². The van der Waals surface area contributed by atoms with E-state index in [0.29, 0.717) is 22.6 Å². The van der Waals surface area contributed by atoms with E-state index in [1.807, 2.05) is 13.0 Å². The minimum Gasteiger partial charge on any atom is -0.497 e. The lowest BCUT2D eigenvalue weighted by Gasteiger charge is -2.17. The van der Waals surface area contributed by atoms with Gasteiger partial charge in [-0.25, -0.2) is 4.79 Å². The predicted molar refractivity (Wildman–Crippen MR) is 97.8 cm³/mol. The lowest BCUT2D eigenvalue weighted by Crippen LogP contribution is -2.17. The number of benzene rings is 1. The molecular formula is C20H28O4. The van der Waals surface area contributed by atoms with E-state index >= 15 is 0 Å². The number of esters is 1. The first-order valence-electron chi connectivity index (χ1n) is 8.27. The number of carbonyl (C=O) groups is 1. The zero-order valence-corrected chi connectivity index (χ0v) is 15.0. The summed E-state index contributed by atoms with van der Waals surface area (Å²) >= 11 is 0. The van der Waals surface area contributed by atoms with Crippen LogP contribution in [0.5, 0.6) is 11.5 Å². The Morgan fingerprint density at radius 2 is 1.92 bits per heavy atom. The third kappa shape index (κ3) is 5.76. The van der Waals surface area contributed by atoms with Gasteiger partial charge >= 0.3 is 5.97 Å². The van der Waals surface area contributed by atoms with Crippen molar-refractivity contribution in [1.82, 2.24) is 0 Å². The largest absolute Gasteiger partial charge is 0.497 e. The number of rotatable bonds is 11. The molecule has 0 saturated heterocycles. The predicted octanol–water partition coefficient (Wildman–Crippen LogP) is 5.03. The Balaban J connectivity index is 2.76. The van der Waals surface area contributed by atoms with Crippen molar-refractivity contribution >= 4 is 12.0 Å². The Hall–Kier alpha value is -2.23. The van der Waals surface area contributed by atoms with E-state index in [-0.39, 0.29) is 6.10 Å². The Labute approximate surface area is 145 Å². The molecule has 24 heavy (non-hydrogen) atoms. The third-order valence-electron chi connectivity index (χ3n) is 3.81. The molecule has 0 aliphatic heterocycles. The van der Waals surface area contributed by atoms with Gasteiger partial charge in [0.1, 0.15) is 17.1 Å². The van der Waals surface area contributed by atoms with Crippen LogP contribution in [0, 0.1) is 0 Å². The normalized spacial score (nSPS) is 11.5. The fourth-order valence-corrected chi connectivity index (χ4v) is 2.47. The van der Waals surface area contributed by atoms with Gasteiger partial charge in [-0.15, -0.1) is 6.58 Å². The number of hydrogen-bond acceptors (Lipinski definition) is 4. The molecule has 1 atom stereocenters. The van der Waals surface area contributed by atoms with Crippen molar-refractivity contribution < 1.29 is 19.0 Å². The van der Waals surface area contributed by atoms with Crippen LogP contribution in [0.2, 0.25) is 0 Å². The molecule has 0 spiro atoms. The fourth-order valence-electron chi connectivity index (χ4n) is 2.47. The van der Waals surface area contributed by atoms with Crippen LogP contribution in [-0.2, 0) is 4.74 Å². The van der Waals surface area contributed by atoms with Gasteiger partial charge in [-0.2, -0.15) is 0 Å². The van der Waals surface area contributed by atoms with E-state index < -0.39 is 5.97 Å². The first kappa shape index (κ1) is 19.8. The molecule has 0 bridgehead atoms. The van der Waals surface area contributed by atoms with E-state index in [4.69, 9.17) is 14.2 Å². The summed E-state index contributed by atoms with van der Waals surface area (Å²) < 4.78 is 16.1. The van der Waals surface area contributed by atoms with Crippen molar-refractivity contribution in [1.29, 1.82) is 0 Å². The molecule has 1 unspecified atom stereocenters. The smallest absolute Gasteiger partial charge is 0.342 e. The quantitative estimate of drug-likeness (QED) is 0.324. The topological polar surface area (TPSA) is 44.8 Å². The van der Waals surface area contributed by atoms with Crippen LogP contribution in [0.3, 0.4) is 0 Å². The van der Waals surface area contributed by atoms with Crippen LogP contribution in [0.1, 0.15) is 54.9 Å². The highest BCUT2D eigenvalue weighted by Gasteiger charge is 2.21. The molecule has 0 aromatic heterocycles. The van der Waals surface area contributed by atoms with Gasteiger partial charge in [0.15, 0.2) is 0 Å². The van der Waals surface area contributed by atoms with Crippen LogP contribution in [0.15, 0.2) is 31.4 Å². The van der Waals surface area contributed by atoms with Gasteiger partial charge in [-0.3, -0.25) is 0 Å². The van der Waals surface area contributed by atoms with Crippen LogP contribution in [-0.4, -0.2) is 26.3 Å². The molecule has 0 aliphatic carbocycles. The second kappa shape index (κ2) is 10.5. The maximum atomic E-state index is 12.5. The van der Waals surface area contributed by atoms with Crippen LogP contribution in [0.25, 0.3) is 6.08 Å². The Morgan fingerprint density at radius 3 is 2.50 bits per heavy atom. The van der Waals surface area contributed by atoms with Crippen molar-refractivity contribution in [2.75, 3.05) is 14.2 Å². The zero-order chi connectivity index (χ0) is 17.9. The molecule has 0 heterocycles. The first-order chi connectivity index (χ1) is 11.6. The number of ether oxygens (including phenoxy) is 3. The van der Waals surface area contributed by atoms with Crippen molar-refractivity contribution in [3.05, 3.63) is 42.5 Å². The number of methoxy groups -OCH3 is 2. The van der Waals surface area contributed by atoms with Gasteiger partial charge in [-0.05, 0) is 44.2 Å². The summed E-state index contributed by atoms with van der Waals surface area (Å²) in [5.41, 5.74) is 1.01. The summed E-state index contributed by atoms with van der Waals surface area (Å²) in [6, 6.07) is 3.41. The number of allylic oxidation sites excluding steroid dienone is 1. The van der Waals surface area contributed by atoms with Gasteiger partial charge in [0.05, 0.1) is 20.3 Å². The fraction of sp³-hybridized carbons (Fsp3) is 0.450. The zero-order valence-electron chi connectivity index (χ0n) is 15.0. The summed E-state index contributed by atoms with van der Waals surface area (Å²) in [6.07, 6.45) is 8.50. The van der Waals surface area contributed by atoms with Crippen molar-refractivity contribution in [2.24, 2.45) is 0 Å². The maximum Gasteiger partial charge on any atom is 0.342 e. The Kier molecular flexibility index (Phi) is 8.69. The number of carbonyl (C=O) groups excluding carboxylic acids is 1. The summed E-state index contributed by atoms with van der Waals surface area (Å²) in [7, 11) is 3.08. The molecule has 1 aromatic rings. The monoisotopic (exact) mass is 332 g/mol. The Bertz CT molecular complexity index is 563. The SMILES string of the molecule is C=CCCCCCC(C)OC(=O)c1c(C=C)cc(OC)cc1OC. The molecule has 1 rings (SSSR count). The molecule has 0 radical (unpaired) electrons. The highest BCUT2D eigenvalue weighted by molar-refractivity contribution is 5.97. The maximum absolute atomic E-state index is 12.5. The molecule has 4 nitrogen and oxygen atoms in total. The second-order valence-corrected chi connectivity index (χ2v) is 5.64. The average molecular weight is 332 g/mol. The van der Waals surface area contributed by atoms with Crippen molar-refractivity contribution in [3.8, 4) is 11.5 Å². The van der Waals surface area contributed by atoms with E-state index in [9.17, 15) is 4.79 Å². The lowest BCUT2D eigenvalue weighted by atomic mass is 10.1. The van der Waals surface area contributed by atoms with Gasteiger partial charge < -0.3 is 14.2 Å².